The van der Waals surface area contributed by atoms with E-state index in [2.05, 4.69) is 17.3 Å². The van der Waals surface area contributed by atoms with Gasteiger partial charge < -0.3 is 20.7 Å². The maximum absolute atomic E-state index is 12.3. The van der Waals surface area contributed by atoms with Crippen LogP contribution in [0.25, 0.3) is 0 Å². The third-order valence-corrected chi connectivity index (χ3v) is 4.29. The van der Waals surface area contributed by atoms with Crippen LogP contribution in [0.5, 0.6) is 5.75 Å². The molecule has 0 atom stereocenters. The topological polar surface area (TPSA) is 67.6 Å². The molecule has 0 aliphatic carbocycles. The van der Waals surface area contributed by atoms with Crippen molar-refractivity contribution in [1.29, 1.82) is 0 Å². The van der Waals surface area contributed by atoms with E-state index in [1.165, 1.54) is 0 Å². The minimum atomic E-state index is -0.182. The SMILES string of the molecule is C.CN1CCC(Oc2ccc(C(=O)Nc3ccccc3N)cc2)CC1. The molecule has 3 N–H and O–H groups in total. The Labute approximate surface area is 149 Å². The molecule has 134 valence electrons. The second kappa shape index (κ2) is 8.53. The average molecular weight is 341 g/mol. The van der Waals surface area contributed by atoms with Gasteiger partial charge in [0.1, 0.15) is 11.9 Å². The summed E-state index contributed by atoms with van der Waals surface area (Å²) in [6.45, 7) is 2.12. The maximum Gasteiger partial charge on any atom is 0.255 e. The Bertz CT molecular complexity index is 692. The van der Waals surface area contributed by atoms with Gasteiger partial charge in [-0.2, -0.15) is 0 Å². The number of carbonyl (C=O) groups is 1. The highest BCUT2D eigenvalue weighted by Gasteiger charge is 2.18. The number of amides is 1. The lowest BCUT2D eigenvalue weighted by Crippen LogP contribution is -2.35. The first kappa shape index (κ1) is 18.8. The molecule has 0 saturated carbocycles. The van der Waals surface area contributed by atoms with Crippen LogP contribution in [0.1, 0.15) is 30.6 Å². The van der Waals surface area contributed by atoms with E-state index in [-0.39, 0.29) is 19.4 Å². The van der Waals surface area contributed by atoms with Gasteiger partial charge >= 0.3 is 0 Å². The zero-order chi connectivity index (χ0) is 16.9. The number of ether oxygens (including phenoxy) is 1. The van der Waals surface area contributed by atoms with E-state index in [1.807, 2.05) is 24.3 Å². The summed E-state index contributed by atoms with van der Waals surface area (Å²) in [5.74, 6) is 0.624. The minimum absolute atomic E-state index is 0. The summed E-state index contributed by atoms with van der Waals surface area (Å²) >= 11 is 0. The third kappa shape index (κ3) is 4.97. The van der Waals surface area contributed by atoms with E-state index in [4.69, 9.17) is 10.5 Å². The van der Waals surface area contributed by atoms with Gasteiger partial charge in [0.15, 0.2) is 0 Å². The molecule has 0 spiro atoms. The van der Waals surface area contributed by atoms with Gasteiger partial charge in [-0.1, -0.05) is 19.6 Å². The molecule has 1 fully saturated rings. The Morgan fingerprint density at radius 3 is 2.40 bits per heavy atom. The van der Waals surface area contributed by atoms with Crippen molar-refractivity contribution < 1.29 is 9.53 Å². The van der Waals surface area contributed by atoms with Crippen LogP contribution in [0.3, 0.4) is 0 Å². The predicted octanol–water partition coefficient (Wildman–Crippen LogP) is 3.63. The zero-order valence-corrected chi connectivity index (χ0v) is 13.9. The first-order chi connectivity index (χ1) is 11.6. The highest BCUT2D eigenvalue weighted by molar-refractivity contribution is 6.05. The Morgan fingerprint density at radius 1 is 1.12 bits per heavy atom. The number of benzene rings is 2. The molecule has 3 rings (SSSR count). The number of anilines is 2. The summed E-state index contributed by atoms with van der Waals surface area (Å²) in [6, 6.07) is 14.5. The summed E-state index contributed by atoms with van der Waals surface area (Å²) in [5.41, 5.74) is 7.59. The van der Waals surface area contributed by atoms with Crippen molar-refractivity contribution in [3.05, 3.63) is 54.1 Å². The number of nitrogens with zero attached hydrogens (tertiary/aromatic N) is 1. The van der Waals surface area contributed by atoms with Crippen molar-refractivity contribution in [2.45, 2.75) is 26.4 Å². The molecule has 0 aromatic heterocycles. The van der Waals surface area contributed by atoms with E-state index >= 15 is 0 Å². The first-order valence-electron chi connectivity index (χ1n) is 8.23. The smallest absolute Gasteiger partial charge is 0.255 e. The highest BCUT2D eigenvalue weighted by atomic mass is 16.5. The van der Waals surface area contributed by atoms with Gasteiger partial charge in [0.05, 0.1) is 11.4 Å². The van der Waals surface area contributed by atoms with Gasteiger partial charge in [-0.05, 0) is 56.3 Å². The maximum atomic E-state index is 12.3. The largest absolute Gasteiger partial charge is 0.490 e. The number of piperidine rings is 1. The number of hydrogen-bond acceptors (Lipinski definition) is 4. The first-order valence-corrected chi connectivity index (χ1v) is 8.23. The van der Waals surface area contributed by atoms with Gasteiger partial charge in [0.2, 0.25) is 0 Å². The quantitative estimate of drug-likeness (QED) is 0.833. The van der Waals surface area contributed by atoms with Gasteiger partial charge in [0, 0.05) is 18.7 Å². The number of rotatable bonds is 4. The van der Waals surface area contributed by atoms with Crippen molar-refractivity contribution in [2.24, 2.45) is 0 Å². The summed E-state index contributed by atoms with van der Waals surface area (Å²) in [7, 11) is 2.13. The van der Waals surface area contributed by atoms with Crippen LogP contribution in [-0.2, 0) is 0 Å². The number of para-hydroxylation sites is 2. The molecule has 0 bridgehead atoms. The van der Waals surface area contributed by atoms with E-state index in [1.54, 1.807) is 24.3 Å². The summed E-state index contributed by atoms with van der Waals surface area (Å²) in [6.07, 6.45) is 2.32. The third-order valence-electron chi connectivity index (χ3n) is 4.29. The number of nitrogen functional groups attached to an aromatic ring is 1. The molecular formula is C20H27N3O2. The van der Waals surface area contributed by atoms with Crippen LogP contribution in [0.2, 0.25) is 0 Å². The van der Waals surface area contributed by atoms with Crippen LogP contribution in [-0.4, -0.2) is 37.0 Å². The lowest BCUT2D eigenvalue weighted by atomic mass is 10.1. The van der Waals surface area contributed by atoms with Crippen LogP contribution in [0.15, 0.2) is 48.5 Å². The molecule has 1 amide bonds. The molecule has 2 aromatic rings. The number of nitrogens with one attached hydrogen (secondary N) is 1. The summed E-state index contributed by atoms with van der Waals surface area (Å²) in [4.78, 5) is 14.6. The molecular weight excluding hydrogens is 314 g/mol. The number of carbonyl (C=O) groups excluding carboxylic acids is 1. The minimum Gasteiger partial charge on any atom is -0.490 e. The average Bonchev–Trinajstić information content (AvgIpc) is 2.59. The van der Waals surface area contributed by atoms with Crippen LogP contribution in [0, 0.1) is 0 Å². The Kier molecular flexibility index (Phi) is 6.42. The molecule has 0 radical (unpaired) electrons. The Hall–Kier alpha value is -2.53. The number of likely N-dealkylation sites (tertiary alicyclic amines) is 1. The number of nitrogens with two attached hydrogens (primary N) is 1. The van der Waals surface area contributed by atoms with Crippen molar-refractivity contribution in [2.75, 3.05) is 31.2 Å². The fourth-order valence-corrected chi connectivity index (χ4v) is 2.79. The molecule has 0 unspecified atom stereocenters. The van der Waals surface area contributed by atoms with Gasteiger partial charge in [-0.15, -0.1) is 0 Å². The zero-order valence-electron chi connectivity index (χ0n) is 13.9. The summed E-state index contributed by atoms with van der Waals surface area (Å²) < 4.78 is 6.00. The standard InChI is InChI=1S/C19H23N3O2.CH4/c1-22-12-10-16(11-13-22)24-15-8-6-14(7-9-15)19(23)21-18-5-3-2-4-17(18)20;/h2-9,16H,10-13,20H2,1H3,(H,21,23);1H4. The fourth-order valence-electron chi connectivity index (χ4n) is 2.79. The normalized spacial score (nSPS) is 15.2. The fraction of sp³-hybridized carbons (Fsp3) is 0.350. The lowest BCUT2D eigenvalue weighted by molar-refractivity contribution is 0.102. The Balaban J connectivity index is 0.00000225. The second-order valence-electron chi connectivity index (χ2n) is 6.19. The molecule has 1 saturated heterocycles. The van der Waals surface area contributed by atoms with Crippen molar-refractivity contribution in [3.8, 4) is 5.75 Å². The molecule has 1 aliphatic rings. The number of hydrogen-bond donors (Lipinski definition) is 2. The van der Waals surface area contributed by atoms with Crippen molar-refractivity contribution in [1.82, 2.24) is 4.90 Å². The van der Waals surface area contributed by atoms with E-state index < -0.39 is 0 Å². The summed E-state index contributed by atoms with van der Waals surface area (Å²) in [5, 5.41) is 2.82. The molecule has 25 heavy (non-hydrogen) atoms. The second-order valence-corrected chi connectivity index (χ2v) is 6.19. The van der Waals surface area contributed by atoms with Crippen LogP contribution in [0.4, 0.5) is 11.4 Å². The van der Waals surface area contributed by atoms with Crippen molar-refractivity contribution in [3.63, 3.8) is 0 Å². The molecule has 5 heteroatoms. The molecule has 1 aliphatic heterocycles. The van der Waals surface area contributed by atoms with Crippen LogP contribution >= 0.6 is 0 Å². The van der Waals surface area contributed by atoms with E-state index in [0.29, 0.717) is 16.9 Å². The molecule has 5 nitrogen and oxygen atoms in total. The van der Waals surface area contributed by atoms with Gasteiger partial charge in [-0.3, -0.25) is 4.79 Å². The van der Waals surface area contributed by atoms with Gasteiger partial charge in [0.25, 0.3) is 5.91 Å². The highest BCUT2D eigenvalue weighted by Crippen LogP contribution is 2.21. The van der Waals surface area contributed by atoms with Gasteiger partial charge in [-0.25, -0.2) is 0 Å². The van der Waals surface area contributed by atoms with E-state index in [0.717, 1.165) is 31.7 Å². The lowest BCUT2D eigenvalue weighted by Gasteiger charge is -2.29. The molecule has 2 aromatic carbocycles. The Morgan fingerprint density at radius 2 is 1.76 bits per heavy atom. The van der Waals surface area contributed by atoms with Crippen LogP contribution < -0.4 is 15.8 Å². The monoisotopic (exact) mass is 341 g/mol. The molecule has 1 heterocycles. The predicted molar refractivity (Wildman–Crippen MR) is 103 cm³/mol. The van der Waals surface area contributed by atoms with E-state index in [9.17, 15) is 4.79 Å². The van der Waals surface area contributed by atoms with Crippen molar-refractivity contribution >= 4 is 17.3 Å².